The van der Waals surface area contributed by atoms with E-state index in [0.29, 0.717) is 17.5 Å². The van der Waals surface area contributed by atoms with Gasteiger partial charge in [0.25, 0.3) is 5.56 Å². The van der Waals surface area contributed by atoms with Crippen LogP contribution in [-0.2, 0) is 24.4 Å². The number of aryl methyl sites for hydroxylation is 1. The lowest BCUT2D eigenvalue weighted by atomic mass is 10.0. The normalized spacial score (nSPS) is 11.1. The van der Waals surface area contributed by atoms with E-state index < -0.39 is 28.3 Å². The first-order valence-electron chi connectivity index (χ1n) is 9.86. The summed E-state index contributed by atoms with van der Waals surface area (Å²) < 4.78 is 77.2. The number of benzene rings is 2. The van der Waals surface area contributed by atoms with Crippen LogP contribution in [0.15, 0.2) is 47.4 Å². The molecule has 0 aliphatic heterocycles. The molecule has 0 aliphatic carbocycles. The summed E-state index contributed by atoms with van der Waals surface area (Å²) in [6.45, 7) is 2.16. The number of hydrogen-bond donors (Lipinski definition) is 2. The molecular weight excluding hydrogens is 461 g/mol. The van der Waals surface area contributed by atoms with Crippen molar-refractivity contribution >= 4 is 10.9 Å². The Morgan fingerprint density at radius 2 is 1.70 bits per heavy atom. The van der Waals surface area contributed by atoms with Gasteiger partial charge in [-0.05, 0) is 31.0 Å². The lowest BCUT2D eigenvalue weighted by Gasteiger charge is -2.17. The second-order valence-corrected chi connectivity index (χ2v) is 7.81. The summed E-state index contributed by atoms with van der Waals surface area (Å²) in [5.41, 5.74) is 1.28. The largest absolute Gasteiger partial charge is 0.493 e. The summed E-state index contributed by atoms with van der Waals surface area (Å²) in [5, 5.41) is 0. The van der Waals surface area contributed by atoms with Crippen LogP contribution in [0.2, 0.25) is 0 Å². The molecule has 1 N–H and O–H groups in total. The van der Waals surface area contributed by atoms with Gasteiger partial charge in [0.05, 0.1) is 6.61 Å². The van der Waals surface area contributed by atoms with E-state index in [1.165, 1.54) is 22.9 Å². The van der Waals surface area contributed by atoms with Crippen molar-refractivity contribution in [2.75, 3.05) is 13.2 Å². The Balaban J connectivity index is 2.12. The molecule has 3 aromatic rings. The zero-order valence-electron chi connectivity index (χ0n) is 17.7. The van der Waals surface area contributed by atoms with Crippen LogP contribution >= 0.6 is 0 Å². The van der Waals surface area contributed by atoms with Gasteiger partial charge in [-0.3, -0.25) is 4.79 Å². The number of pyridine rings is 1. The maximum absolute atomic E-state index is 13.7. The lowest BCUT2D eigenvalue weighted by Crippen LogP contribution is -2.16. The van der Waals surface area contributed by atoms with E-state index in [-0.39, 0.29) is 36.0 Å². The average Bonchev–Trinajstić information content (AvgIpc) is 2.75. The van der Waals surface area contributed by atoms with Crippen LogP contribution in [0.25, 0.3) is 11.1 Å². The Kier molecular flexibility index (Phi) is 7.77. The van der Waals surface area contributed by atoms with Gasteiger partial charge in [-0.2, -0.15) is 0 Å². The highest BCUT2D eigenvalue weighted by Gasteiger charge is 2.18. The number of ether oxygens (including phenoxy) is 2. The smallest absolute Gasteiger partial charge is 0.254 e. The SMILES string of the molecule is CCOc1cc(=O)n(C)cc1-c1cc(CCN[SH](=O)=O)ccc1Oc1cc(F)c(F)c(F)c1. The van der Waals surface area contributed by atoms with Gasteiger partial charge in [-0.1, -0.05) is 6.07 Å². The molecule has 0 radical (unpaired) electrons. The third-order valence-corrected chi connectivity index (χ3v) is 5.15. The minimum Gasteiger partial charge on any atom is -0.493 e. The minimum atomic E-state index is -2.75. The van der Waals surface area contributed by atoms with Crippen molar-refractivity contribution in [3.8, 4) is 28.4 Å². The van der Waals surface area contributed by atoms with Gasteiger partial charge in [-0.25, -0.2) is 26.3 Å². The van der Waals surface area contributed by atoms with Gasteiger partial charge in [0, 0.05) is 49.1 Å². The first kappa shape index (κ1) is 24.3. The van der Waals surface area contributed by atoms with Crippen molar-refractivity contribution in [2.45, 2.75) is 13.3 Å². The molecule has 1 heterocycles. The molecule has 0 spiro atoms. The monoisotopic (exact) mass is 482 g/mol. The number of halogens is 3. The highest BCUT2D eigenvalue weighted by Crippen LogP contribution is 2.39. The van der Waals surface area contributed by atoms with Crippen molar-refractivity contribution < 1.29 is 31.1 Å². The summed E-state index contributed by atoms with van der Waals surface area (Å²) in [6.07, 6.45) is 1.87. The van der Waals surface area contributed by atoms with E-state index in [1.807, 2.05) is 0 Å². The molecule has 0 amide bonds. The van der Waals surface area contributed by atoms with Gasteiger partial charge < -0.3 is 14.0 Å². The van der Waals surface area contributed by atoms with Gasteiger partial charge in [0.1, 0.15) is 17.2 Å². The highest BCUT2D eigenvalue weighted by atomic mass is 32.2. The van der Waals surface area contributed by atoms with E-state index in [9.17, 15) is 26.4 Å². The predicted molar refractivity (Wildman–Crippen MR) is 117 cm³/mol. The molecule has 33 heavy (non-hydrogen) atoms. The fourth-order valence-electron chi connectivity index (χ4n) is 3.13. The minimum absolute atomic E-state index is 0.151. The molecule has 7 nitrogen and oxygen atoms in total. The van der Waals surface area contributed by atoms with Crippen molar-refractivity contribution in [2.24, 2.45) is 7.05 Å². The topological polar surface area (TPSA) is 86.6 Å². The second-order valence-electron chi connectivity index (χ2n) is 6.98. The number of aromatic nitrogens is 1. The molecule has 2 aromatic carbocycles. The van der Waals surface area contributed by atoms with Crippen LogP contribution in [-0.4, -0.2) is 26.1 Å². The van der Waals surface area contributed by atoms with Crippen molar-refractivity contribution in [1.29, 1.82) is 0 Å². The van der Waals surface area contributed by atoms with Gasteiger partial charge in [0.15, 0.2) is 17.5 Å². The first-order chi connectivity index (χ1) is 15.7. The maximum atomic E-state index is 13.7. The number of nitrogens with one attached hydrogen (secondary N) is 1. The summed E-state index contributed by atoms with van der Waals surface area (Å²) in [7, 11) is -1.20. The van der Waals surface area contributed by atoms with E-state index >= 15 is 0 Å². The van der Waals surface area contributed by atoms with Gasteiger partial charge in [-0.15, -0.1) is 0 Å². The van der Waals surface area contributed by atoms with Crippen LogP contribution in [0, 0.1) is 17.5 Å². The summed E-state index contributed by atoms with van der Waals surface area (Å²) in [5.74, 6) is -4.27. The fraction of sp³-hybridized carbons (Fsp3) is 0.227. The molecular formula is C22H21F3N2O5S. The number of thiol groups is 1. The summed E-state index contributed by atoms with van der Waals surface area (Å²) >= 11 is 0. The van der Waals surface area contributed by atoms with E-state index in [1.54, 1.807) is 26.1 Å². The van der Waals surface area contributed by atoms with Crippen molar-refractivity contribution in [1.82, 2.24) is 9.29 Å². The third kappa shape index (κ3) is 5.93. The quantitative estimate of drug-likeness (QED) is 0.361. The number of nitrogens with zero attached hydrogens (tertiary/aromatic N) is 1. The standard InChI is InChI=1S/C22H21F3N2O5S/c1-3-31-20-11-21(28)27(2)12-16(20)15-8-13(6-7-26-33(29)30)4-5-19(15)32-14-9-17(23)22(25)18(24)10-14/h4-5,8-12,33H,3,6-7H2,1-2H3,(H,26,29,30). The molecule has 1 aromatic heterocycles. The van der Waals surface area contributed by atoms with E-state index in [0.717, 1.165) is 17.7 Å². The highest BCUT2D eigenvalue weighted by molar-refractivity contribution is 7.70. The molecule has 176 valence electrons. The van der Waals surface area contributed by atoms with Crippen LogP contribution in [0.1, 0.15) is 12.5 Å². The summed E-state index contributed by atoms with van der Waals surface area (Å²) in [6, 6.07) is 7.60. The van der Waals surface area contributed by atoms with Crippen LogP contribution in [0.5, 0.6) is 17.2 Å². The number of rotatable bonds is 9. The Morgan fingerprint density at radius 3 is 2.33 bits per heavy atom. The Morgan fingerprint density at radius 1 is 1.00 bits per heavy atom. The Hall–Kier alpha value is -3.31. The lowest BCUT2D eigenvalue weighted by molar-refractivity contribution is 0.340. The molecule has 3 rings (SSSR count). The second kappa shape index (κ2) is 10.5. The molecule has 0 unspecified atom stereocenters. The molecule has 0 aliphatic rings. The first-order valence-corrected chi connectivity index (χ1v) is 11.0. The van der Waals surface area contributed by atoms with E-state index in [2.05, 4.69) is 4.72 Å². The molecule has 0 saturated heterocycles. The molecule has 0 saturated carbocycles. The molecule has 0 fully saturated rings. The van der Waals surface area contributed by atoms with Crippen LogP contribution in [0.3, 0.4) is 0 Å². The van der Waals surface area contributed by atoms with Gasteiger partial charge >= 0.3 is 0 Å². The average molecular weight is 482 g/mol. The van der Waals surface area contributed by atoms with Crippen LogP contribution < -0.4 is 19.8 Å². The summed E-state index contributed by atoms with van der Waals surface area (Å²) in [4.78, 5) is 12.1. The van der Waals surface area contributed by atoms with Crippen LogP contribution in [0.4, 0.5) is 13.2 Å². The van der Waals surface area contributed by atoms with Crippen molar-refractivity contribution in [3.05, 3.63) is 76.0 Å². The number of hydrogen-bond acceptors (Lipinski definition) is 5. The van der Waals surface area contributed by atoms with Gasteiger partial charge in [0.2, 0.25) is 10.9 Å². The molecule has 0 bridgehead atoms. The van der Waals surface area contributed by atoms with E-state index in [4.69, 9.17) is 9.47 Å². The fourth-order valence-corrected chi connectivity index (χ4v) is 3.43. The maximum Gasteiger partial charge on any atom is 0.254 e. The zero-order chi connectivity index (χ0) is 24.1. The molecule has 11 heteroatoms. The zero-order valence-corrected chi connectivity index (χ0v) is 18.6. The predicted octanol–water partition coefficient (Wildman–Crippen LogP) is 3.32. The Bertz CT molecular complexity index is 1280. The third-order valence-electron chi connectivity index (χ3n) is 4.66. The van der Waals surface area contributed by atoms with Crippen molar-refractivity contribution in [3.63, 3.8) is 0 Å². The molecule has 0 atom stereocenters. The Labute approximate surface area is 189 Å².